The minimum Gasteiger partial charge on any atom is -0.481 e. The van der Waals surface area contributed by atoms with E-state index in [0.717, 1.165) is 59.9 Å². The van der Waals surface area contributed by atoms with E-state index in [1.807, 2.05) is 6.07 Å². The van der Waals surface area contributed by atoms with E-state index in [1.165, 1.54) is 30.2 Å². The van der Waals surface area contributed by atoms with E-state index in [9.17, 15) is 8.42 Å². The highest BCUT2D eigenvalue weighted by Gasteiger charge is 2.23. The fourth-order valence-electron chi connectivity index (χ4n) is 4.25. The fourth-order valence-corrected chi connectivity index (χ4v) is 6.14. The maximum Gasteiger partial charge on any atom is 0.226 e. The minimum absolute atomic E-state index is 0.139. The maximum atomic E-state index is 12.0. The number of piperidine rings is 1. The number of sulfone groups is 1. The summed E-state index contributed by atoms with van der Waals surface area (Å²) in [7, 11) is 2.36. The van der Waals surface area contributed by atoms with Gasteiger partial charge in [-0.2, -0.15) is 0 Å². The summed E-state index contributed by atoms with van der Waals surface area (Å²) in [6, 6.07) is 1.84. The third-order valence-electron chi connectivity index (χ3n) is 5.74. The lowest BCUT2D eigenvalue weighted by Gasteiger charge is -2.27. The average Bonchev–Trinajstić information content (AvgIpc) is 3.07. The molecule has 8 nitrogen and oxygen atoms in total. The lowest BCUT2D eigenvalue weighted by atomic mass is 10.1. The third kappa shape index (κ3) is 5.28. The molecule has 0 aliphatic carbocycles. The lowest BCUT2D eigenvalue weighted by Crippen LogP contribution is -2.31. The first-order valence-electron chi connectivity index (χ1n) is 11.1. The zero-order valence-electron chi connectivity index (χ0n) is 19.9. The van der Waals surface area contributed by atoms with Gasteiger partial charge in [0, 0.05) is 53.7 Å². The Bertz CT molecular complexity index is 1260. The van der Waals surface area contributed by atoms with Crippen LogP contribution in [0.4, 0.5) is 5.95 Å². The molecule has 1 saturated heterocycles. The Morgan fingerprint density at radius 3 is 2.55 bits per heavy atom. The van der Waals surface area contributed by atoms with Crippen molar-refractivity contribution < 1.29 is 13.2 Å². The number of aromatic nitrogens is 3. The van der Waals surface area contributed by atoms with Crippen LogP contribution in [-0.2, 0) is 22.1 Å². The van der Waals surface area contributed by atoms with Gasteiger partial charge in [-0.05, 0) is 46.3 Å². The molecule has 1 aliphatic heterocycles. The molecule has 4 heterocycles. The van der Waals surface area contributed by atoms with Gasteiger partial charge >= 0.3 is 0 Å². The average molecular weight is 490 g/mol. The van der Waals surface area contributed by atoms with Gasteiger partial charge in [-0.25, -0.2) is 23.4 Å². The van der Waals surface area contributed by atoms with Crippen molar-refractivity contribution in [3.8, 4) is 17.1 Å². The Kier molecular flexibility index (Phi) is 6.88. The van der Waals surface area contributed by atoms with Crippen LogP contribution in [0.5, 0.6) is 5.88 Å². The number of fused-ring (bicyclic) bond motifs is 1. The molecule has 1 fully saturated rings. The maximum absolute atomic E-state index is 12.0. The normalized spacial score (nSPS) is 14.9. The van der Waals surface area contributed by atoms with Crippen LogP contribution in [-0.4, -0.2) is 68.8 Å². The predicted octanol–water partition coefficient (Wildman–Crippen LogP) is 3.67. The molecular formula is C23H31N5O3S2. The monoisotopic (exact) mass is 489 g/mol. The molecule has 0 bridgehead atoms. The molecule has 0 radical (unpaired) electrons. The molecule has 0 saturated carbocycles. The van der Waals surface area contributed by atoms with Crippen LogP contribution in [0.1, 0.15) is 35.3 Å². The topological polar surface area (TPSA) is 88.5 Å². The predicted molar refractivity (Wildman–Crippen MR) is 134 cm³/mol. The number of aryl methyl sites for hydroxylation is 1. The van der Waals surface area contributed by atoms with Crippen LogP contribution >= 0.6 is 11.3 Å². The Morgan fingerprint density at radius 2 is 1.91 bits per heavy atom. The van der Waals surface area contributed by atoms with Gasteiger partial charge < -0.3 is 14.5 Å². The number of ether oxygens (including phenoxy) is 1. The first-order chi connectivity index (χ1) is 15.7. The molecule has 178 valence electrons. The lowest BCUT2D eigenvalue weighted by molar-refractivity contribution is 0.394. The van der Waals surface area contributed by atoms with Crippen LogP contribution in [0.3, 0.4) is 0 Å². The van der Waals surface area contributed by atoms with Gasteiger partial charge in [-0.3, -0.25) is 0 Å². The summed E-state index contributed by atoms with van der Waals surface area (Å²) in [5.41, 5.74) is 4.28. The van der Waals surface area contributed by atoms with Gasteiger partial charge in [0.1, 0.15) is 0 Å². The Labute approximate surface area is 199 Å². The number of methoxy groups -OCH3 is 1. The smallest absolute Gasteiger partial charge is 0.226 e. The van der Waals surface area contributed by atoms with Gasteiger partial charge in [0.15, 0.2) is 9.84 Å². The molecule has 0 amide bonds. The first kappa shape index (κ1) is 23.8. The number of hydrogen-bond donors (Lipinski definition) is 0. The molecule has 4 rings (SSSR count). The van der Waals surface area contributed by atoms with Crippen LogP contribution < -0.4 is 9.64 Å². The fraction of sp³-hybridized carbons (Fsp3) is 0.522. The van der Waals surface area contributed by atoms with Crippen molar-refractivity contribution in [2.75, 3.05) is 45.5 Å². The van der Waals surface area contributed by atoms with Gasteiger partial charge in [0.05, 0.1) is 28.8 Å². The Morgan fingerprint density at radius 1 is 1.18 bits per heavy atom. The van der Waals surface area contributed by atoms with Gasteiger partial charge in [-0.1, -0.05) is 0 Å². The van der Waals surface area contributed by atoms with Gasteiger partial charge in [0.25, 0.3) is 0 Å². The molecule has 0 aromatic carbocycles. The Balaban J connectivity index is 1.93. The molecule has 0 spiro atoms. The van der Waals surface area contributed by atoms with Gasteiger partial charge in [0.2, 0.25) is 11.8 Å². The highest BCUT2D eigenvalue weighted by Crippen LogP contribution is 2.39. The molecular weight excluding hydrogens is 458 g/mol. The number of pyridine rings is 1. The summed E-state index contributed by atoms with van der Waals surface area (Å²) in [5.74, 6) is 0.913. The number of nitrogens with zero attached hydrogens (tertiary/aromatic N) is 5. The van der Waals surface area contributed by atoms with Crippen molar-refractivity contribution in [2.45, 2.75) is 38.5 Å². The third-order valence-corrected chi connectivity index (χ3v) is 7.72. The molecule has 0 unspecified atom stereocenters. The highest BCUT2D eigenvalue weighted by atomic mass is 32.2. The van der Waals surface area contributed by atoms with E-state index in [2.05, 4.69) is 35.8 Å². The van der Waals surface area contributed by atoms with E-state index >= 15 is 0 Å². The quantitative estimate of drug-likeness (QED) is 0.497. The molecule has 33 heavy (non-hydrogen) atoms. The first-order valence-corrected chi connectivity index (χ1v) is 13.9. The second-order valence-corrected chi connectivity index (χ2v) is 12.3. The molecule has 3 aromatic rings. The van der Waals surface area contributed by atoms with Crippen molar-refractivity contribution >= 4 is 37.3 Å². The van der Waals surface area contributed by atoms with Crippen LogP contribution in [0.2, 0.25) is 0 Å². The Hall–Kier alpha value is -2.30. The molecule has 10 heteroatoms. The summed E-state index contributed by atoms with van der Waals surface area (Å²) < 4.78 is 30.4. The van der Waals surface area contributed by atoms with Crippen LogP contribution in [0.15, 0.2) is 12.3 Å². The number of thiophene rings is 1. The minimum atomic E-state index is -3.26. The van der Waals surface area contributed by atoms with E-state index in [0.29, 0.717) is 11.4 Å². The summed E-state index contributed by atoms with van der Waals surface area (Å²) in [6.07, 6.45) is 6.42. The standard InChI is InChI=1S/C23H31N5O3S2/c1-15-18(13-27(2)3)20-21(32-15)19(25-23(26-20)28-9-7-6-8-10-28)16-11-17(14-33(5,29)30)22(31-4)24-12-16/h11-12H,6-10,13-14H2,1-5H3. The summed E-state index contributed by atoms with van der Waals surface area (Å²) in [4.78, 5) is 20.1. The van der Waals surface area contributed by atoms with Crippen molar-refractivity contribution in [2.24, 2.45) is 0 Å². The number of anilines is 1. The summed E-state index contributed by atoms with van der Waals surface area (Å²) >= 11 is 1.68. The SMILES string of the molecule is COc1ncc(-c2nc(N3CCCCC3)nc3c(CN(C)C)c(C)sc23)cc1CS(C)(=O)=O. The molecule has 0 N–H and O–H groups in total. The van der Waals surface area contributed by atoms with Crippen molar-refractivity contribution in [3.05, 3.63) is 28.3 Å². The largest absolute Gasteiger partial charge is 0.481 e. The highest BCUT2D eigenvalue weighted by molar-refractivity contribution is 7.89. The van der Waals surface area contributed by atoms with Crippen molar-refractivity contribution in [1.29, 1.82) is 0 Å². The van der Waals surface area contributed by atoms with Crippen molar-refractivity contribution in [1.82, 2.24) is 19.9 Å². The van der Waals surface area contributed by atoms with Crippen LogP contribution in [0, 0.1) is 6.92 Å². The molecule has 3 aromatic heterocycles. The number of hydrogen-bond acceptors (Lipinski definition) is 9. The zero-order chi connectivity index (χ0) is 23.8. The molecule has 1 aliphatic rings. The van der Waals surface area contributed by atoms with E-state index in [4.69, 9.17) is 14.7 Å². The molecule has 0 atom stereocenters. The van der Waals surface area contributed by atoms with E-state index in [1.54, 1.807) is 17.5 Å². The summed E-state index contributed by atoms with van der Waals surface area (Å²) in [5, 5.41) is 0. The number of rotatable bonds is 7. The van der Waals surface area contributed by atoms with Gasteiger partial charge in [-0.15, -0.1) is 11.3 Å². The van der Waals surface area contributed by atoms with Crippen molar-refractivity contribution in [3.63, 3.8) is 0 Å². The van der Waals surface area contributed by atoms with E-state index in [-0.39, 0.29) is 5.75 Å². The second-order valence-electron chi connectivity index (χ2n) is 8.93. The second kappa shape index (κ2) is 9.52. The van der Waals surface area contributed by atoms with Crippen LogP contribution in [0.25, 0.3) is 21.5 Å². The summed E-state index contributed by atoms with van der Waals surface area (Å²) in [6.45, 7) is 4.80. The van der Waals surface area contributed by atoms with E-state index < -0.39 is 9.84 Å². The zero-order valence-corrected chi connectivity index (χ0v) is 21.5.